The zero-order valence-electron chi connectivity index (χ0n) is 25.4. The van der Waals surface area contributed by atoms with E-state index in [1.165, 1.54) is 19.3 Å². The molecule has 0 saturated carbocycles. The van der Waals surface area contributed by atoms with Gasteiger partial charge in [0.2, 0.25) is 0 Å². The fourth-order valence-corrected chi connectivity index (χ4v) is 6.27. The molecule has 0 amide bonds. The number of pyridine rings is 1. The second kappa shape index (κ2) is 14.6. The first-order valence-electron chi connectivity index (χ1n) is 15.6. The van der Waals surface area contributed by atoms with Crippen molar-refractivity contribution in [2.24, 2.45) is 5.92 Å². The van der Waals surface area contributed by atoms with Gasteiger partial charge in [-0.3, -0.25) is 4.98 Å². The Balaban J connectivity index is 1.02. The molecule has 2 aliphatic rings. The van der Waals surface area contributed by atoms with E-state index in [9.17, 15) is 0 Å². The summed E-state index contributed by atoms with van der Waals surface area (Å²) in [6.45, 7) is 6.79. The van der Waals surface area contributed by atoms with Crippen LogP contribution in [0.2, 0.25) is 0 Å². The molecular weight excluding hydrogens is 570 g/mol. The van der Waals surface area contributed by atoms with Crippen molar-refractivity contribution in [3.05, 3.63) is 72.7 Å². The molecule has 9 nitrogen and oxygen atoms in total. The van der Waals surface area contributed by atoms with E-state index in [1.54, 1.807) is 13.4 Å². The monoisotopic (exact) mass is 611 g/mol. The SMILES string of the molecule is COc1cc2c(N3CCN(C(=S)NCc4ccc(-c5ccccc5)nc4)CC3)ncnc2cc1OCCCC1CCCNC1. The van der Waals surface area contributed by atoms with Gasteiger partial charge in [0.25, 0.3) is 0 Å². The number of ether oxygens (including phenoxy) is 2. The number of anilines is 1. The lowest BCUT2D eigenvalue weighted by molar-refractivity contribution is 0.264. The van der Waals surface area contributed by atoms with Gasteiger partial charge in [-0.1, -0.05) is 36.4 Å². The number of piperidine rings is 1. The van der Waals surface area contributed by atoms with Crippen LogP contribution >= 0.6 is 12.2 Å². The minimum absolute atomic E-state index is 0.639. The lowest BCUT2D eigenvalue weighted by atomic mass is 9.95. The molecule has 230 valence electrons. The molecular formula is C34H41N7O2S. The van der Waals surface area contributed by atoms with Gasteiger partial charge in [0, 0.05) is 55.9 Å². The van der Waals surface area contributed by atoms with Gasteiger partial charge in [-0.05, 0) is 74.6 Å². The third-order valence-corrected chi connectivity index (χ3v) is 8.92. The lowest BCUT2D eigenvalue weighted by Crippen LogP contribution is -2.51. The minimum atomic E-state index is 0.639. The molecule has 1 unspecified atom stereocenters. The molecule has 2 aliphatic heterocycles. The topological polar surface area (TPSA) is 87.7 Å². The Hall–Kier alpha value is -4.02. The fourth-order valence-electron chi connectivity index (χ4n) is 6.02. The highest BCUT2D eigenvalue weighted by Crippen LogP contribution is 2.35. The number of fused-ring (bicyclic) bond motifs is 1. The maximum Gasteiger partial charge on any atom is 0.169 e. The van der Waals surface area contributed by atoms with Crippen LogP contribution in [0.15, 0.2) is 67.1 Å². The molecule has 2 N–H and O–H groups in total. The quantitative estimate of drug-likeness (QED) is 0.188. The summed E-state index contributed by atoms with van der Waals surface area (Å²) in [5.74, 6) is 3.11. The van der Waals surface area contributed by atoms with Crippen molar-refractivity contribution < 1.29 is 9.47 Å². The van der Waals surface area contributed by atoms with E-state index in [-0.39, 0.29) is 0 Å². The van der Waals surface area contributed by atoms with Gasteiger partial charge in [-0.15, -0.1) is 0 Å². The Morgan fingerprint density at radius 1 is 1.02 bits per heavy atom. The first-order valence-corrected chi connectivity index (χ1v) is 16.0. The standard InChI is InChI=1S/C34H41N7O2S/c1-42-31-19-28-30(20-32(31)43-18-6-8-25-7-5-13-35-21-25)38-24-39-33(28)40-14-16-41(17-15-40)34(44)37-23-26-11-12-29(36-22-26)27-9-3-2-4-10-27/h2-4,9-12,19-20,22,24-25,35H,5-8,13-18,21,23H2,1H3,(H,37,44). The first kappa shape index (κ1) is 30.0. The molecule has 0 aliphatic carbocycles. The predicted molar refractivity (Wildman–Crippen MR) is 179 cm³/mol. The molecule has 6 rings (SSSR count). The Morgan fingerprint density at radius 2 is 1.89 bits per heavy atom. The largest absolute Gasteiger partial charge is 0.493 e. The van der Waals surface area contributed by atoms with E-state index in [1.807, 2.05) is 36.5 Å². The average molecular weight is 612 g/mol. The first-order chi connectivity index (χ1) is 21.7. The van der Waals surface area contributed by atoms with E-state index in [4.69, 9.17) is 21.7 Å². The molecule has 2 saturated heterocycles. The van der Waals surface area contributed by atoms with Crippen molar-refractivity contribution in [3.8, 4) is 22.8 Å². The van der Waals surface area contributed by atoms with Crippen LogP contribution in [0.3, 0.4) is 0 Å². The maximum atomic E-state index is 6.18. The number of thiocarbonyl (C=S) groups is 1. The Morgan fingerprint density at radius 3 is 2.64 bits per heavy atom. The highest BCUT2D eigenvalue weighted by molar-refractivity contribution is 7.80. The Labute approximate surface area is 265 Å². The summed E-state index contributed by atoms with van der Waals surface area (Å²) in [6, 6.07) is 18.4. The van der Waals surface area contributed by atoms with Gasteiger partial charge in [0.05, 0.1) is 24.9 Å². The summed E-state index contributed by atoms with van der Waals surface area (Å²) in [4.78, 5) is 18.4. The van der Waals surface area contributed by atoms with Crippen molar-refractivity contribution in [3.63, 3.8) is 0 Å². The molecule has 4 aromatic rings. The van der Waals surface area contributed by atoms with E-state index in [0.717, 1.165) is 96.0 Å². The number of rotatable bonds is 10. The average Bonchev–Trinajstić information content (AvgIpc) is 3.09. The van der Waals surface area contributed by atoms with Crippen molar-refractivity contribution in [2.75, 3.05) is 57.9 Å². The number of piperazine rings is 1. The number of nitrogens with one attached hydrogen (secondary N) is 2. The predicted octanol–water partition coefficient (Wildman–Crippen LogP) is 5.06. The summed E-state index contributed by atoms with van der Waals surface area (Å²) in [6.07, 6.45) is 8.34. The minimum Gasteiger partial charge on any atom is -0.493 e. The van der Waals surface area contributed by atoms with Gasteiger partial charge >= 0.3 is 0 Å². The number of hydrogen-bond donors (Lipinski definition) is 2. The van der Waals surface area contributed by atoms with Crippen LogP contribution in [-0.2, 0) is 6.54 Å². The molecule has 2 fully saturated rings. The van der Waals surface area contributed by atoms with E-state index in [2.05, 4.69) is 59.7 Å². The molecule has 1 atom stereocenters. The third kappa shape index (κ3) is 7.36. The Bertz CT molecular complexity index is 1520. The normalized spacial score (nSPS) is 17.0. The van der Waals surface area contributed by atoms with Crippen LogP contribution in [0.1, 0.15) is 31.2 Å². The van der Waals surface area contributed by atoms with Gasteiger partial charge in [0.15, 0.2) is 16.6 Å². The summed E-state index contributed by atoms with van der Waals surface area (Å²) < 4.78 is 11.9. The van der Waals surface area contributed by atoms with Gasteiger partial charge < -0.3 is 29.9 Å². The highest BCUT2D eigenvalue weighted by Gasteiger charge is 2.23. The molecule has 0 bridgehead atoms. The smallest absolute Gasteiger partial charge is 0.169 e. The summed E-state index contributed by atoms with van der Waals surface area (Å²) in [7, 11) is 1.69. The molecule has 10 heteroatoms. The van der Waals surface area contributed by atoms with Crippen LogP contribution < -0.4 is 25.0 Å². The number of hydrogen-bond acceptors (Lipinski definition) is 8. The van der Waals surface area contributed by atoms with Crippen molar-refractivity contribution in [1.82, 2.24) is 30.5 Å². The van der Waals surface area contributed by atoms with Crippen LogP contribution in [-0.4, -0.2) is 77.9 Å². The molecule has 4 heterocycles. The molecule has 0 radical (unpaired) electrons. The summed E-state index contributed by atoms with van der Waals surface area (Å²) >= 11 is 5.75. The van der Waals surface area contributed by atoms with Gasteiger partial charge in [-0.25, -0.2) is 9.97 Å². The molecule has 0 spiro atoms. The number of benzene rings is 2. The van der Waals surface area contributed by atoms with Crippen LogP contribution in [0.4, 0.5) is 5.82 Å². The summed E-state index contributed by atoms with van der Waals surface area (Å²) in [5.41, 5.74) is 4.03. The van der Waals surface area contributed by atoms with Crippen LogP contribution in [0, 0.1) is 5.92 Å². The van der Waals surface area contributed by atoms with E-state index < -0.39 is 0 Å². The lowest BCUT2D eigenvalue weighted by Gasteiger charge is -2.37. The second-order valence-corrected chi connectivity index (χ2v) is 11.9. The molecule has 2 aromatic carbocycles. The highest BCUT2D eigenvalue weighted by atomic mass is 32.1. The van der Waals surface area contributed by atoms with Crippen LogP contribution in [0.5, 0.6) is 11.5 Å². The van der Waals surface area contributed by atoms with Crippen LogP contribution in [0.25, 0.3) is 22.2 Å². The van der Waals surface area contributed by atoms with Crippen molar-refractivity contribution in [2.45, 2.75) is 32.2 Å². The number of nitrogens with zero attached hydrogens (tertiary/aromatic N) is 5. The molecule has 2 aromatic heterocycles. The third-order valence-electron chi connectivity index (χ3n) is 8.52. The summed E-state index contributed by atoms with van der Waals surface area (Å²) in [5, 5.41) is 8.63. The number of aromatic nitrogens is 3. The van der Waals surface area contributed by atoms with E-state index in [0.29, 0.717) is 18.9 Å². The number of methoxy groups -OCH3 is 1. The van der Waals surface area contributed by atoms with Crippen molar-refractivity contribution in [1.29, 1.82) is 0 Å². The zero-order valence-corrected chi connectivity index (χ0v) is 26.2. The Kier molecular flexibility index (Phi) is 9.99. The fraction of sp³-hybridized carbons (Fsp3) is 0.412. The second-order valence-electron chi connectivity index (χ2n) is 11.5. The van der Waals surface area contributed by atoms with Gasteiger partial charge in [-0.2, -0.15) is 0 Å². The zero-order chi connectivity index (χ0) is 30.1. The van der Waals surface area contributed by atoms with Gasteiger partial charge in [0.1, 0.15) is 12.1 Å². The van der Waals surface area contributed by atoms with Crippen molar-refractivity contribution >= 4 is 34.1 Å². The van der Waals surface area contributed by atoms with E-state index >= 15 is 0 Å². The molecule has 44 heavy (non-hydrogen) atoms. The maximum absolute atomic E-state index is 6.18.